The molecule has 162 valence electrons. The molecule has 0 spiro atoms. The van der Waals surface area contributed by atoms with Gasteiger partial charge in [0.2, 0.25) is 0 Å². The van der Waals surface area contributed by atoms with Gasteiger partial charge in [-0.3, -0.25) is 4.79 Å². The summed E-state index contributed by atoms with van der Waals surface area (Å²) >= 11 is 5.65. The summed E-state index contributed by atoms with van der Waals surface area (Å²) in [5, 5.41) is 10.6. The van der Waals surface area contributed by atoms with Gasteiger partial charge in [0.15, 0.2) is 0 Å². The highest BCUT2D eigenvalue weighted by atomic mass is 32.2. The first-order valence-electron chi connectivity index (χ1n) is 10.1. The third kappa shape index (κ3) is 5.06. The Bertz CT molecular complexity index is 508. The first-order chi connectivity index (χ1) is 13.6. The number of ketones is 1. The molecule has 28 heavy (non-hydrogen) atoms. The highest BCUT2D eigenvalue weighted by Gasteiger charge is 2.48. The first-order valence-corrected chi connectivity index (χ1v) is 13.6. The number of hydrogen-bond acceptors (Lipinski definition) is 8. The van der Waals surface area contributed by atoms with Crippen molar-refractivity contribution in [2.24, 2.45) is 23.7 Å². The van der Waals surface area contributed by atoms with E-state index in [9.17, 15) is 9.90 Å². The summed E-state index contributed by atoms with van der Waals surface area (Å²) in [5.41, 5.74) is 0. The van der Waals surface area contributed by atoms with Crippen LogP contribution in [0, 0.1) is 23.7 Å². The van der Waals surface area contributed by atoms with E-state index in [0.717, 1.165) is 40.9 Å². The Morgan fingerprint density at radius 3 is 2.14 bits per heavy atom. The second kappa shape index (κ2) is 11.3. The Hall–Kier alpha value is 0.560. The van der Waals surface area contributed by atoms with Crippen LogP contribution in [0.1, 0.15) is 12.8 Å². The normalized spacial score (nSPS) is 39.5. The van der Waals surface area contributed by atoms with E-state index >= 15 is 0 Å². The number of rotatable bonds is 7. The zero-order valence-electron chi connectivity index (χ0n) is 17.1. The molecule has 0 aromatic rings. The fourth-order valence-corrected chi connectivity index (χ4v) is 8.91. The Morgan fingerprint density at radius 1 is 0.893 bits per heavy atom. The topological polar surface area (TPSA) is 65.0 Å². The molecule has 0 bridgehead atoms. The summed E-state index contributed by atoms with van der Waals surface area (Å²) in [6.07, 6.45) is 0.951. The van der Waals surface area contributed by atoms with Crippen LogP contribution in [0.3, 0.4) is 0 Å². The van der Waals surface area contributed by atoms with Crippen molar-refractivity contribution in [1.29, 1.82) is 0 Å². The van der Waals surface area contributed by atoms with Gasteiger partial charge in [0.05, 0.1) is 30.3 Å². The van der Waals surface area contributed by atoms with Crippen molar-refractivity contribution in [3.8, 4) is 0 Å². The van der Waals surface area contributed by atoms with Gasteiger partial charge in [0, 0.05) is 74.3 Å². The van der Waals surface area contributed by atoms with E-state index in [1.807, 2.05) is 35.3 Å². The van der Waals surface area contributed by atoms with Crippen LogP contribution in [0.2, 0.25) is 0 Å². The van der Waals surface area contributed by atoms with E-state index in [0.29, 0.717) is 12.2 Å². The molecule has 5 nitrogen and oxygen atoms in total. The average Bonchev–Trinajstić information content (AvgIpc) is 2.72. The van der Waals surface area contributed by atoms with Gasteiger partial charge in [-0.25, -0.2) is 0 Å². The highest BCUT2D eigenvalue weighted by molar-refractivity contribution is 7.99. The lowest BCUT2D eigenvalue weighted by Gasteiger charge is -2.47. The summed E-state index contributed by atoms with van der Waals surface area (Å²) in [7, 11) is 5.25. The van der Waals surface area contributed by atoms with Crippen molar-refractivity contribution in [3.05, 3.63) is 0 Å². The number of methoxy groups -OCH3 is 3. The summed E-state index contributed by atoms with van der Waals surface area (Å²) in [5.74, 6) is 6.31. The van der Waals surface area contributed by atoms with E-state index in [-0.39, 0.29) is 48.1 Å². The quantitative estimate of drug-likeness (QED) is 0.635. The van der Waals surface area contributed by atoms with E-state index in [1.54, 1.807) is 21.3 Å². The lowest BCUT2D eigenvalue weighted by Crippen LogP contribution is -2.55. The van der Waals surface area contributed by atoms with Crippen LogP contribution in [-0.2, 0) is 19.0 Å². The Morgan fingerprint density at radius 2 is 1.54 bits per heavy atom. The maximum atomic E-state index is 12.6. The molecule has 0 saturated carbocycles. The number of aliphatic hydroxyl groups is 1. The van der Waals surface area contributed by atoms with Gasteiger partial charge in [-0.15, -0.1) is 0 Å². The number of aliphatic hydroxyl groups excluding tert-OH is 1. The third-order valence-electron chi connectivity index (χ3n) is 6.51. The zero-order chi connectivity index (χ0) is 20.1. The SMILES string of the molecule is CO[C@H]1[C@@H]([C@H](OC)[C@H]2CSCC[C@H]2O)CSC[C@H]1[C@@H](OC)[C@@H]1CSCCC1=O. The van der Waals surface area contributed by atoms with Crippen LogP contribution in [0.5, 0.6) is 0 Å². The predicted octanol–water partition coefficient (Wildman–Crippen LogP) is 2.45. The zero-order valence-corrected chi connectivity index (χ0v) is 19.5. The minimum atomic E-state index is -0.316. The monoisotopic (exact) mass is 450 g/mol. The molecule has 0 radical (unpaired) electrons. The van der Waals surface area contributed by atoms with Gasteiger partial charge in [-0.05, 0) is 12.2 Å². The molecule has 3 aliphatic rings. The van der Waals surface area contributed by atoms with Crippen molar-refractivity contribution >= 4 is 41.1 Å². The molecule has 3 saturated heterocycles. The standard InChI is InChI=1S/C20H34O5S3/c1-23-18(12-8-26-6-4-16(12)21)14-10-28-11-15(20(14)25-3)19(24-2)13-9-27-7-5-17(13)22/h12-16,18-21H,4-11H2,1-3H3/t12-,13+,14+,15-,16+,18+,19-,20-/m0/s1. The van der Waals surface area contributed by atoms with Crippen LogP contribution in [0.4, 0.5) is 0 Å². The molecule has 0 amide bonds. The third-order valence-corrected chi connectivity index (χ3v) is 9.98. The minimum Gasteiger partial charge on any atom is -0.393 e. The number of carbonyl (C=O) groups is 1. The molecule has 8 atom stereocenters. The number of ether oxygens (including phenoxy) is 3. The predicted molar refractivity (Wildman–Crippen MR) is 119 cm³/mol. The van der Waals surface area contributed by atoms with Crippen molar-refractivity contribution in [2.45, 2.75) is 37.3 Å². The summed E-state index contributed by atoms with van der Waals surface area (Å²) in [4.78, 5) is 12.6. The van der Waals surface area contributed by atoms with Gasteiger partial charge in [0.25, 0.3) is 0 Å². The summed E-state index contributed by atoms with van der Waals surface area (Å²) in [6, 6.07) is 0. The number of carbonyl (C=O) groups excluding carboxylic acids is 1. The van der Waals surface area contributed by atoms with E-state index in [1.165, 1.54) is 0 Å². The van der Waals surface area contributed by atoms with Crippen LogP contribution in [-0.4, -0.2) is 91.2 Å². The van der Waals surface area contributed by atoms with Crippen LogP contribution in [0.25, 0.3) is 0 Å². The number of thioether (sulfide) groups is 3. The van der Waals surface area contributed by atoms with Gasteiger partial charge < -0.3 is 19.3 Å². The van der Waals surface area contributed by atoms with Gasteiger partial charge in [0.1, 0.15) is 5.78 Å². The Labute approximate surface area is 181 Å². The largest absolute Gasteiger partial charge is 0.393 e. The van der Waals surface area contributed by atoms with Crippen molar-refractivity contribution in [2.75, 3.05) is 55.8 Å². The summed E-state index contributed by atoms with van der Waals surface area (Å²) in [6.45, 7) is 0. The molecule has 3 rings (SSSR count). The molecular formula is C20H34O5S3. The Balaban J connectivity index is 1.80. The smallest absolute Gasteiger partial charge is 0.140 e. The fourth-order valence-electron chi connectivity index (χ4n) is 5.07. The number of Topliss-reactive ketones (excluding diaryl/α,β-unsaturated/α-hetero) is 1. The van der Waals surface area contributed by atoms with Crippen molar-refractivity contribution in [3.63, 3.8) is 0 Å². The van der Waals surface area contributed by atoms with Crippen molar-refractivity contribution in [1.82, 2.24) is 0 Å². The van der Waals surface area contributed by atoms with Crippen LogP contribution >= 0.6 is 35.3 Å². The van der Waals surface area contributed by atoms with E-state index in [4.69, 9.17) is 14.2 Å². The highest BCUT2D eigenvalue weighted by Crippen LogP contribution is 2.42. The molecule has 3 heterocycles. The molecule has 0 aliphatic carbocycles. The lowest BCUT2D eigenvalue weighted by atomic mass is 9.76. The molecular weight excluding hydrogens is 416 g/mol. The second-order valence-electron chi connectivity index (χ2n) is 7.96. The average molecular weight is 451 g/mol. The van der Waals surface area contributed by atoms with Crippen LogP contribution in [0.15, 0.2) is 0 Å². The second-order valence-corrected chi connectivity index (χ2v) is 11.3. The van der Waals surface area contributed by atoms with Crippen LogP contribution < -0.4 is 0 Å². The molecule has 3 aliphatic heterocycles. The first kappa shape index (κ1) is 23.2. The lowest BCUT2D eigenvalue weighted by molar-refractivity contribution is -0.135. The maximum Gasteiger partial charge on any atom is 0.140 e. The van der Waals surface area contributed by atoms with E-state index < -0.39 is 0 Å². The maximum absolute atomic E-state index is 12.6. The fraction of sp³-hybridized carbons (Fsp3) is 0.950. The molecule has 0 unspecified atom stereocenters. The molecule has 1 N–H and O–H groups in total. The van der Waals surface area contributed by atoms with Gasteiger partial charge in [-0.1, -0.05) is 0 Å². The summed E-state index contributed by atoms with van der Waals surface area (Å²) < 4.78 is 18.0. The minimum absolute atomic E-state index is 0.0324. The molecule has 3 fully saturated rings. The molecule has 8 heteroatoms. The molecule has 0 aromatic heterocycles. The van der Waals surface area contributed by atoms with Gasteiger partial charge >= 0.3 is 0 Å². The number of hydrogen-bond donors (Lipinski definition) is 1. The molecule has 0 aromatic carbocycles. The van der Waals surface area contributed by atoms with E-state index in [2.05, 4.69) is 0 Å². The van der Waals surface area contributed by atoms with Crippen molar-refractivity contribution < 1.29 is 24.1 Å². The van der Waals surface area contributed by atoms with Gasteiger partial charge in [-0.2, -0.15) is 35.3 Å². The Kier molecular flexibility index (Phi) is 9.34.